The first kappa shape index (κ1) is 36.2. The fraction of sp³-hybridized carbons (Fsp3) is 0.463. The van der Waals surface area contributed by atoms with E-state index in [2.05, 4.69) is 27.3 Å². The molecule has 12 heteroatoms. The first-order chi connectivity index (χ1) is 25.6. The smallest absolute Gasteiger partial charge is 0.311 e. The van der Waals surface area contributed by atoms with Crippen LogP contribution in [0.15, 0.2) is 36.4 Å². The van der Waals surface area contributed by atoms with Gasteiger partial charge in [0.15, 0.2) is 23.0 Å². The Balaban J connectivity index is 1.39. The van der Waals surface area contributed by atoms with Crippen LogP contribution >= 0.6 is 0 Å². The van der Waals surface area contributed by atoms with Crippen LogP contribution in [0, 0.1) is 25.2 Å². The summed E-state index contributed by atoms with van der Waals surface area (Å²) in [5.41, 5.74) is 5.86. The number of ether oxygens (including phenoxy) is 5. The predicted molar refractivity (Wildman–Crippen MR) is 194 cm³/mol. The van der Waals surface area contributed by atoms with Crippen LogP contribution in [-0.2, 0) is 33.6 Å². The van der Waals surface area contributed by atoms with Crippen molar-refractivity contribution in [3.05, 3.63) is 75.3 Å². The molecular weight excluding hydrogens is 676 g/mol. The van der Waals surface area contributed by atoms with Gasteiger partial charge < -0.3 is 29.0 Å². The Kier molecular flexibility index (Phi) is 10.1. The van der Waals surface area contributed by atoms with Gasteiger partial charge in [0, 0.05) is 60.6 Å². The summed E-state index contributed by atoms with van der Waals surface area (Å²) in [6, 6.07) is 12.4. The van der Waals surface area contributed by atoms with E-state index in [1.54, 1.807) is 7.11 Å². The van der Waals surface area contributed by atoms with Gasteiger partial charge in [-0.05, 0) is 63.3 Å². The van der Waals surface area contributed by atoms with Crippen LogP contribution in [0.2, 0.25) is 0 Å². The molecule has 3 aromatic carbocycles. The molecule has 53 heavy (non-hydrogen) atoms. The SMILES string of the molecule is CCCC(=O)Oc1c(OC)c(C)cc2c1[C@@H]1C3Cc4c(OC(C)=O)c(C)c5c(c4[C@H](CNC(=O)CCc4ccccc4)N3[C@@H](C#N)[C@@H](C2)N1C)OCO5. The summed E-state index contributed by atoms with van der Waals surface area (Å²) in [5.74, 6) is 1.33. The summed E-state index contributed by atoms with van der Waals surface area (Å²) in [7, 11) is 3.59. The van der Waals surface area contributed by atoms with Crippen LogP contribution in [-0.4, -0.2) is 73.3 Å². The van der Waals surface area contributed by atoms with Gasteiger partial charge in [-0.15, -0.1) is 0 Å². The zero-order valence-electron chi connectivity index (χ0n) is 31.1. The van der Waals surface area contributed by atoms with Crippen LogP contribution in [0.25, 0.3) is 0 Å². The zero-order chi connectivity index (χ0) is 37.6. The van der Waals surface area contributed by atoms with Crippen molar-refractivity contribution < 1.29 is 38.1 Å². The Morgan fingerprint density at radius 2 is 1.74 bits per heavy atom. The molecule has 12 nitrogen and oxygen atoms in total. The minimum Gasteiger partial charge on any atom is -0.493 e. The van der Waals surface area contributed by atoms with Gasteiger partial charge in [-0.2, -0.15) is 5.26 Å². The van der Waals surface area contributed by atoms with E-state index in [4.69, 9.17) is 23.7 Å². The van der Waals surface area contributed by atoms with Crippen molar-refractivity contribution in [2.75, 3.05) is 27.5 Å². The van der Waals surface area contributed by atoms with E-state index in [1.807, 2.05) is 58.2 Å². The van der Waals surface area contributed by atoms with E-state index in [9.17, 15) is 19.6 Å². The number of esters is 2. The van der Waals surface area contributed by atoms with Gasteiger partial charge >= 0.3 is 11.9 Å². The second kappa shape index (κ2) is 14.7. The fourth-order valence-electron chi connectivity index (χ4n) is 8.96. The summed E-state index contributed by atoms with van der Waals surface area (Å²) < 4.78 is 30.2. The molecule has 278 valence electrons. The van der Waals surface area contributed by atoms with Crippen LogP contribution in [0.5, 0.6) is 28.7 Å². The molecule has 4 heterocycles. The van der Waals surface area contributed by atoms with Crippen molar-refractivity contribution >= 4 is 17.8 Å². The average Bonchev–Trinajstić information content (AvgIpc) is 3.62. The van der Waals surface area contributed by atoms with E-state index >= 15 is 0 Å². The number of fused-ring (bicyclic) bond motifs is 9. The lowest BCUT2D eigenvalue weighted by Crippen LogP contribution is -2.68. The number of benzene rings is 3. The normalized spacial score (nSPS) is 22.5. The molecular formula is C41H46N4O8. The topological polar surface area (TPSA) is 140 Å². The number of rotatable bonds is 10. The zero-order valence-corrected chi connectivity index (χ0v) is 31.1. The van der Waals surface area contributed by atoms with Gasteiger partial charge in [0.2, 0.25) is 12.7 Å². The molecule has 1 amide bonds. The number of nitrogens with zero attached hydrogens (tertiary/aromatic N) is 3. The Hall–Kier alpha value is -5.12. The highest BCUT2D eigenvalue weighted by atomic mass is 16.7. The Morgan fingerprint density at radius 1 is 0.981 bits per heavy atom. The third-order valence-electron chi connectivity index (χ3n) is 11.1. The fourth-order valence-corrected chi connectivity index (χ4v) is 8.96. The van der Waals surface area contributed by atoms with E-state index < -0.39 is 18.1 Å². The minimum absolute atomic E-state index is 0.0135. The van der Waals surface area contributed by atoms with E-state index in [0.29, 0.717) is 60.0 Å². The predicted octanol–water partition coefficient (Wildman–Crippen LogP) is 5.19. The monoisotopic (exact) mass is 722 g/mol. The quantitative estimate of drug-likeness (QED) is 0.219. The van der Waals surface area contributed by atoms with Gasteiger partial charge in [-0.3, -0.25) is 24.2 Å². The van der Waals surface area contributed by atoms with Crippen molar-refractivity contribution in [1.29, 1.82) is 5.26 Å². The van der Waals surface area contributed by atoms with E-state index in [0.717, 1.165) is 33.4 Å². The molecule has 0 saturated carbocycles. The highest BCUT2D eigenvalue weighted by molar-refractivity contribution is 5.77. The summed E-state index contributed by atoms with van der Waals surface area (Å²) >= 11 is 0. The van der Waals surface area contributed by atoms with Crippen LogP contribution in [0.4, 0.5) is 0 Å². The van der Waals surface area contributed by atoms with Gasteiger partial charge in [0.1, 0.15) is 11.8 Å². The maximum atomic E-state index is 13.5. The number of hydrogen-bond acceptors (Lipinski definition) is 11. The van der Waals surface area contributed by atoms with E-state index in [1.165, 1.54) is 6.92 Å². The van der Waals surface area contributed by atoms with Crippen molar-refractivity contribution in [3.63, 3.8) is 0 Å². The van der Waals surface area contributed by atoms with Crippen LogP contribution < -0.4 is 29.0 Å². The maximum Gasteiger partial charge on any atom is 0.311 e. The minimum atomic E-state index is -0.598. The molecule has 1 saturated heterocycles. The molecule has 0 aliphatic carbocycles. The molecule has 7 rings (SSSR count). The molecule has 1 unspecified atom stereocenters. The first-order valence-electron chi connectivity index (χ1n) is 18.3. The second-order valence-electron chi connectivity index (χ2n) is 14.3. The van der Waals surface area contributed by atoms with Crippen LogP contribution in [0.3, 0.4) is 0 Å². The lowest BCUT2D eigenvalue weighted by atomic mass is 9.71. The molecule has 5 atom stereocenters. The van der Waals surface area contributed by atoms with Gasteiger partial charge in [-0.1, -0.05) is 43.3 Å². The number of piperazine rings is 1. The molecule has 3 aromatic rings. The van der Waals surface area contributed by atoms with Gasteiger partial charge in [0.25, 0.3) is 0 Å². The highest BCUT2D eigenvalue weighted by Gasteiger charge is 2.57. The molecule has 2 bridgehead atoms. The Bertz CT molecular complexity index is 1990. The summed E-state index contributed by atoms with van der Waals surface area (Å²) in [4.78, 5) is 43.7. The van der Waals surface area contributed by atoms with Crippen LogP contribution in [0.1, 0.15) is 84.1 Å². The maximum absolute atomic E-state index is 13.5. The number of likely N-dealkylation sites (N-methyl/N-ethyl adjacent to an activating group) is 1. The third kappa shape index (κ3) is 6.36. The molecule has 4 aliphatic heterocycles. The Morgan fingerprint density at radius 3 is 2.43 bits per heavy atom. The molecule has 1 N–H and O–H groups in total. The first-order valence-corrected chi connectivity index (χ1v) is 18.3. The van der Waals surface area contributed by atoms with Crippen molar-refractivity contribution in [2.45, 2.75) is 96.4 Å². The Labute approximate surface area is 309 Å². The molecule has 4 aliphatic rings. The van der Waals surface area contributed by atoms with Gasteiger partial charge in [-0.25, -0.2) is 0 Å². The largest absolute Gasteiger partial charge is 0.493 e. The number of carbonyl (C=O) groups excluding carboxylic acids is 3. The number of nitriles is 1. The number of carbonyl (C=O) groups is 3. The number of amides is 1. The number of nitrogens with one attached hydrogen (secondary N) is 1. The van der Waals surface area contributed by atoms with Gasteiger partial charge in [0.05, 0.1) is 25.3 Å². The number of aryl methyl sites for hydroxylation is 2. The summed E-state index contributed by atoms with van der Waals surface area (Å²) in [6.45, 7) is 7.22. The summed E-state index contributed by atoms with van der Waals surface area (Å²) in [6.07, 6.45) is 2.64. The average molecular weight is 723 g/mol. The number of hydrogen-bond donors (Lipinski definition) is 1. The summed E-state index contributed by atoms with van der Waals surface area (Å²) in [5, 5.41) is 14.2. The van der Waals surface area contributed by atoms with Crippen molar-refractivity contribution in [3.8, 4) is 34.8 Å². The molecule has 0 aromatic heterocycles. The standard InChI is InChI=1S/C41H46N4O8/c1-7-11-33(48)53-41-34-26(16-22(2)37(41)49-6)17-28-30(19-42)45-29(36(34)44(28)5)18-27-35(40-39(50-21-51-40)23(3)38(27)52-24(4)46)31(45)20-43-32(47)15-14-25-12-9-8-10-13-25/h8-10,12-13,16,28-31,36H,7,11,14-15,17-18,20-21H2,1-6H3,(H,43,47)/t28-,29?,30+,31+,36+/m1/s1. The lowest BCUT2D eigenvalue weighted by Gasteiger charge is -2.60. The molecule has 0 spiro atoms. The van der Waals surface area contributed by atoms with Crippen molar-refractivity contribution in [2.24, 2.45) is 0 Å². The molecule has 1 fully saturated rings. The number of methoxy groups -OCH3 is 1. The third-order valence-corrected chi connectivity index (χ3v) is 11.1. The molecule has 0 radical (unpaired) electrons. The second-order valence-corrected chi connectivity index (χ2v) is 14.3. The van der Waals surface area contributed by atoms with E-state index in [-0.39, 0.29) is 56.2 Å². The van der Waals surface area contributed by atoms with Crippen molar-refractivity contribution in [1.82, 2.24) is 15.1 Å². The highest BCUT2D eigenvalue weighted by Crippen LogP contribution is 2.58. The lowest BCUT2D eigenvalue weighted by molar-refractivity contribution is -0.135.